The number of thioether (sulfide) groups is 1. The van der Waals surface area contributed by atoms with Crippen LogP contribution in [0.3, 0.4) is 0 Å². The van der Waals surface area contributed by atoms with Gasteiger partial charge < -0.3 is 15.8 Å². The molecule has 1 aliphatic heterocycles. The van der Waals surface area contributed by atoms with E-state index >= 15 is 0 Å². The summed E-state index contributed by atoms with van der Waals surface area (Å²) in [6, 6.07) is 2.00. The van der Waals surface area contributed by atoms with E-state index in [1.807, 2.05) is 11.8 Å². The van der Waals surface area contributed by atoms with Gasteiger partial charge in [0, 0.05) is 29.8 Å². The fourth-order valence-electron chi connectivity index (χ4n) is 1.90. The molecule has 0 saturated carbocycles. The molecule has 7 heteroatoms. The molecule has 0 aromatic carbocycles. The molecule has 6 nitrogen and oxygen atoms in total. The molecule has 0 aliphatic carbocycles. The molecule has 0 radical (unpaired) electrons. The molecule has 1 aromatic rings. The van der Waals surface area contributed by atoms with Crippen LogP contribution < -0.4 is 10.6 Å². The molecule has 1 aliphatic rings. The molecule has 1 saturated heterocycles. The third kappa shape index (κ3) is 2.50. The van der Waals surface area contributed by atoms with Crippen molar-refractivity contribution in [2.24, 2.45) is 10.9 Å². The predicted molar refractivity (Wildman–Crippen MR) is 73.3 cm³/mol. The minimum atomic E-state index is 0.00531. The van der Waals surface area contributed by atoms with Crippen LogP contribution in [-0.2, 0) is 0 Å². The molecule has 2 unspecified atom stereocenters. The highest BCUT2D eigenvalue weighted by Crippen LogP contribution is 2.26. The topological polar surface area (TPSA) is 87.6 Å². The number of nitrogens with two attached hydrogens (primary N) is 1. The summed E-state index contributed by atoms with van der Waals surface area (Å²) < 4.78 is 0. The summed E-state index contributed by atoms with van der Waals surface area (Å²) >= 11 is 1.95. The van der Waals surface area contributed by atoms with Gasteiger partial charge in [0.1, 0.15) is 5.69 Å². The van der Waals surface area contributed by atoms with Crippen molar-refractivity contribution in [2.75, 3.05) is 17.2 Å². The maximum atomic E-state index is 8.67. The standard InChI is InChI=1S/C11H17N5OS/c1-7-8(2)18-6-5-16(7)11-13-4-3-9(14-11)10(12)15-17/h3-4,7-8,17H,5-6H2,1-2H3,(H2,12,15). The van der Waals surface area contributed by atoms with Crippen LogP contribution in [0.5, 0.6) is 0 Å². The predicted octanol–water partition coefficient (Wildman–Crippen LogP) is 0.901. The van der Waals surface area contributed by atoms with Crippen LogP contribution in [-0.4, -0.2) is 44.6 Å². The summed E-state index contributed by atoms with van der Waals surface area (Å²) in [6.07, 6.45) is 1.63. The molecule has 98 valence electrons. The molecule has 1 fully saturated rings. The number of rotatable bonds is 2. The Kier molecular flexibility index (Phi) is 3.90. The largest absolute Gasteiger partial charge is 0.409 e. The highest BCUT2D eigenvalue weighted by Gasteiger charge is 2.27. The average molecular weight is 267 g/mol. The summed E-state index contributed by atoms with van der Waals surface area (Å²) in [5.41, 5.74) is 5.99. The van der Waals surface area contributed by atoms with Crippen LogP contribution in [0.2, 0.25) is 0 Å². The zero-order valence-corrected chi connectivity index (χ0v) is 11.3. The van der Waals surface area contributed by atoms with Crippen molar-refractivity contribution in [3.05, 3.63) is 18.0 Å². The third-order valence-electron chi connectivity index (χ3n) is 3.15. The van der Waals surface area contributed by atoms with Gasteiger partial charge in [-0.25, -0.2) is 9.97 Å². The zero-order chi connectivity index (χ0) is 13.1. The maximum Gasteiger partial charge on any atom is 0.226 e. The number of aromatic nitrogens is 2. The van der Waals surface area contributed by atoms with E-state index in [1.165, 1.54) is 0 Å². The minimum Gasteiger partial charge on any atom is -0.409 e. The second-order valence-electron chi connectivity index (χ2n) is 4.24. The van der Waals surface area contributed by atoms with Gasteiger partial charge in [0.2, 0.25) is 5.95 Å². The van der Waals surface area contributed by atoms with Gasteiger partial charge >= 0.3 is 0 Å². The van der Waals surface area contributed by atoms with E-state index in [2.05, 4.69) is 33.9 Å². The van der Waals surface area contributed by atoms with Gasteiger partial charge in [-0.2, -0.15) is 11.8 Å². The lowest BCUT2D eigenvalue weighted by molar-refractivity contribution is 0.318. The van der Waals surface area contributed by atoms with Gasteiger partial charge in [-0.05, 0) is 13.0 Å². The number of hydrogen-bond acceptors (Lipinski definition) is 6. The van der Waals surface area contributed by atoms with Gasteiger partial charge in [-0.3, -0.25) is 0 Å². The first-order valence-corrected chi connectivity index (χ1v) is 6.87. The van der Waals surface area contributed by atoms with Gasteiger partial charge in [-0.15, -0.1) is 0 Å². The second-order valence-corrected chi connectivity index (χ2v) is 5.72. The van der Waals surface area contributed by atoms with E-state index in [9.17, 15) is 0 Å². The Bertz CT molecular complexity index is 453. The van der Waals surface area contributed by atoms with E-state index in [4.69, 9.17) is 10.9 Å². The fourth-order valence-corrected chi connectivity index (χ4v) is 3.00. The lowest BCUT2D eigenvalue weighted by Gasteiger charge is -2.37. The van der Waals surface area contributed by atoms with E-state index in [1.54, 1.807) is 12.3 Å². The normalized spacial score (nSPS) is 25.2. The van der Waals surface area contributed by atoms with Crippen LogP contribution in [0.4, 0.5) is 5.95 Å². The molecule has 3 N–H and O–H groups in total. The van der Waals surface area contributed by atoms with Crippen molar-refractivity contribution in [3.63, 3.8) is 0 Å². The highest BCUT2D eigenvalue weighted by atomic mass is 32.2. The highest BCUT2D eigenvalue weighted by molar-refractivity contribution is 8.00. The van der Waals surface area contributed by atoms with Crippen LogP contribution in [0.1, 0.15) is 19.5 Å². The Morgan fingerprint density at radius 1 is 1.61 bits per heavy atom. The van der Waals surface area contributed by atoms with Gasteiger partial charge in [-0.1, -0.05) is 12.1 Å². The van der Waals surface area contributed by atoms with Crippen molar-refractivity contribution >= 4 is 23.5 Å². The Balaban J connectivity index is 2.27. The monoisotopic (exact) mass is 267 g/mol. The number of nitrogens with zero attached hydrogens (tertiary/aromatic N) is 4. The quantitative estimate of drug-likeness (QED) is 0.358. The molecular weight excluding hydrogens is 250 g/mol. The zero-order valence-electron chi connectivity index (χ0n) is 10.4. The third-order valence-corrected chi connectivity index (χ3v) is 4.49. The van der Waals surface area contributed by atoms with E-state index in [0.29, 0.717) is 22.9 Å². The van der Waals surface area contributed by atoms with Crippen molar-refractivity contribution < 1.29 is 5.21 Å². The number of anilines is 1. The van der Waals surface area contributed by atoms with Crippen LogP contribution in [0.15, 0.2) is 17.4 Å². The summed E-state index contributed by atoms with van der Waals surface area (Å²) in [6.45, 7) is 5.28. The summed E-state index contributed by atoms with van der Waals surface area (Å²) in [5, 5.41) is 12.2. The minimum absolute atomic E-state index is 0.00531. The summed E-state index contributed by atoms with van der Waals surface area (Å²) in [5.74, 6) is 1.70. The molecule has 2 atom stereocenters. The molecular formula is C11H17N5OS. The van der Waals surface area contributed by atoms with Crippen molar-refractivity contribution in [1.82, 2.24) is 9.97 Å². The first-order valence-electron chi connectivity index (χ1n) is 5.82. The molecule has 1 aromatic heterocycles. The van der Waals surface area contributed by atoms with E-state index in [0.717, 1.165) is 12.3 Å². The lowest BCUT2D eigenvalue weighted by atomic mass is 10.2. The smallest absolute Gasteiger partial charge is 0.226 e. The van der Waals surface area contributed by atoms with Gasteiger partial charge in [0.05, 0.1) is 0 Å². The van der Waals surface area contributed by atoms with Crippen molar-refractivity contribution in [1.29, 1.82) is 0 Å². The van der Waals surface area contributed by atoms with Crippen LogP contribution >= 0.6 is 11.8 Å². The SMILES string of the molecule is CC1SCCN(c2nccc(/C(N)=N/O)n2)C1C. The van der Waals surface area contributed by atoms with E-state index in [-0.39, 0.29) is 5.84 Å². The molecule has 0 amide bonds. The second kappa shape index (κ2) is 5.43. The van der Waals surface area contributed by atoms with Crippen LogP contribution in [0.25, 0.3) is 0 Å². The Morgan fingerprint density at radius 3 is 3.11 bits per heavy atom. The number of oxime groups is 1. The van der Waals surface area contributed by atoms with E-state index < -0.39 is 0 Å². The Hall–Kier alpha value is -1.50. The van der Waals surface area contributed by atoms with Crippen molar-refractivity contribution in [2.45, 2.75) is 25.1 Å². The lowest BCUT2D eigenvalue weighted by Crippen LogP contribution is -2.45. The Labute approximate surface area is 110 Å². The van der Waals surface area contributed by atoms with Gasteiger partial charge in [0.25, 0.3) is 0 Å². The summed E-state index contributed by atoms with van der Waals surface area (Å²) in [7, 11) is 0. The average Bonchev–Trinajstić information content (AvgIpc) is 2.41. The molecule has 2 heterocycles. The number of hydrogen-bond donors (Lipinski definition) is 2. The molecule has 0 spiro atoms. The fraction of sp³-hybridized carbons (Fsp3) is 0.545. The molecule has 0 bridgehead atoms. The Morgan fingerprint density at radius 2 is 2.39 bits per heavy atom. The van der Waals surface area contributed by atoms with Gasteiger partial charge in [0.15, 0.2) is 5.84 Å². The molecule has 18 heavy (non-hydrogen) atoms. The number of amidine groups is 1. The summed E-state index contributed by atoms with van der Waals surface area (Å²) in [4.78, 5) is 10.8. The van der Waals surface area contributed by atoms with Crippen LogP contribution in [0, 0.1) is 0 Å². The first-order chi connectivity index (χ1) is 8.63. The van der Waals surface area contributed by atoms with Crippen molar-refractivity contribution in [3.8, 4) is 0 Å². The maximum absolute atomic E-state index is 8.67. The first kappa shape index (κ1) is 12.9. The molecule has 2 rings (SSSR count).